The molecule has 2 aromatic rings. The van der Waals surface area contributed by atoms with E-state index in [1.165, 1.54) is 0 Å². The van der Waals surface area contributed by atoms with Gasteiger partial charge in [0.25, 0.3) is 0 Å². The van der Waals surface area contributed by atoms with E-state index in [1.807, 2.05) is 55.5 Å². The first-order valence-corrected chi connectivity index (χ1v) is 8.14. The molecule has 0 spiro atoms. The van der Waals surface area contributed by atoms with Gasteiger partial charge in [0.1, 0.15) is 0 Å². The minimum atomic E-state index is -0.540. The van der Waals surface area contributed by atoms with Gasteiger partial charge in [-0.2, -0.15) is 0 Å². The van der Waals surface area contributed by atoms with Crippen LogP contribution < -0.4 is 15.2 Å². The van der Waals surface area contributed by atoms with Gasteiger partial charge in [-0.25, -0.2) is 0 Å². The zero-order valence-corrected chi connectivity index (χ0v) is 15.0. The topological polar surface area (TPSA) is 64.8 Å². The molecule has 134 valence electrons. The number of halogens is 1. The smallest absolute Gasteiger partial charge is 0.240 e. The third-order valence-electron chi connectivity index (χ3n) is 4.12. The molecule has 0 bridgehead atoms. The molecule has 1 aliphatic heterocycles. The summed E-state index contributed by atoms with van der Waals surface area (Å²) in [4.78, 5) is 14.4. The molecule has 1 amide bonds. The summed E-state index contributed by atoms with van der Waals surface area (Å²) in [6, 6.07) is 15.0. The maximum atomic E-state index is 12.7. The molecular formula is C19H23ClN2O3. The number of nitrogens with zero attached hydrogens (tertiary/aromatic N) is 1. The van der Waals surface area contributed by atoms with Crippen LogP contribution in [-0.2, 0) is 17.8 Å². The number of carbonyl (C=O) groups is 1. The van der Waals surface area contributed by atoms with E-state index in [0.29, 0.717) is 19.5 Å². The highest BCUT2D eigenvalue weighted by atomic mass is 35.5. The number of likely N-dealkylation sites (N-methyl/N-ethyl adjacent to an activating group) is 1. The summed E-state index contributed by atoms with van der Waals surface area (Å²) in [5, 5.41) is 0. The number of fused-ring (bicyclic) bond motifs is 1. The van der Waals surface area contributed by atoms with E-state index in [2.05, 4.69) is 0 Å². The van der Waals surface area contributed by atoms with Gasteiger partial charge in [-0.1, -0.05) is 36.4 Å². The highest BCUT2D eigenvalue weighted by Crippen LogP contribution is 2.32. The van der Waals surface area contributed by atoms with Crippen LogP contribution in [0, 0.1) is 0 Å². The molecule has 25 heavy (non-hydrogen) atoms. The Bertz CT molecular complexity index is 709. The summed E-state index contributed by atoms with van der Waals surface area (Å²) in [5.74, 6) is 1.43. The van der Waals surface area contributed by atoms with Crippen LogP contribution in [0.1, 0.15) is 18.1 Å². The van der Waals surface area contributed by atoms with Crippen molar-refractivity contribution < 1.29 is 14.3 Å². The van der Waals surface area contributed by atoms with Crippen LogP contribution in [0.15, 0.2) is 48.5 Å². The molecule has 2 aromatic carbocycles. The molecule has 0 aliphatic carbocycles. The minimum absolute atomic E-state index is 0. The lowest BCUT2D eigenvalue weighted by Gasteiger charge is -2.24. The second kappa shape index (κ2) is 8.74. The van der Waals surface area contributed by atoms with E-state index in [0.717, 1.165) is 22.6 Å². The van der Waals surface area contributed by atoms with Gasteiger partial charge in [-0.3, -0.25) is 4.79 Å². The fraction of sp³-hybridized carbons (Fsp3) is 0.316. The quantitative estimate of drug-likeness (QED) is 0.858. The summed E-state index contributed by atoms with van der Waals surface area (Å²) in [5.41, 5.74) is 8.20. The van der Waals surface area contributed by atoms with Crippen LogP contribution in [0.3, 0.4) is 0 Å². The average molecular weight is 363 g/mol. The van der Waals surface area contributed by atoms with Crippen molar-refractivity contribution in [2.45, 2.75) is 25.9 Å². The molecule has 1 heterocycles. The lowest BCUT2D eigenvalue weighted by molar-refractivity contribution is -0.133. The highest BCUT2D eigenvalue weighted by molar-refractivity contribution is 5.85. The Morgan fingerprint density at radius 2 is 1.84 bits per heavy atom. The molecule has 1 aliphatic rings. The van der Waals surface area contributed by atoms with Crippen molar-refractivity contribution in [2.24, 2.45) is 5.73 Å². The Morgan fingerprint density at radius 1 is 1.12 bits per heavy atom. The second-order valence-electron chi connectivity index (χ2n) is 5.84. The summed E-state index contributed by atoms with van der Waals surface area (Å²) in [6.45, 7) is 3.32. The van der Waals surface area contributed by atoms with Crippen molar-refractivity contribution in [2.75, 3.05) is 13.3 Å². The van der Waals surface area contributed by atoms with Crippen molar-refractivity contribution in [3.8, 4) is 11.5 Å². The Hall–Kier alpha value is -2.24. The van der Waals surface area contributed by atoms with Gasteiger partial charge in [-0.05, 0) is 36.6 Å². The van der Waals surface area contributed by atoms with Crippen molar-refractivity contribution in [1.82, 2.24) is 4.90 Å². The van der Waals surface area contributed by atoms with Gasteiger partial charge in [0, 0.05) is 13.1 Å². The number of amides is 1. The van der Waals surface area contributed by atoms with Gasteiger partial charge in [-0.15, -0.1) is 12.4 Å². The Balaban J connectivity index is 0.00000225. The van der Waals surface area contributed by atoms with Crippen molar-refractivity contribution in [3.63, 3.8) is 0 Å². The summed E-state index contributed by atoms with van der Waals surface area (Å²) < 4.78 is 10.7. The summed E-state index contributed by atoms with van der Waals surface area (Å²) in [6.07, 6.45) is 0.539. The monoisotopic (exact) mass is 362 g/mol. The summed E-state index contributed by atoms with van der Waals surface area (Å²) >= 11 is 0. The number of rotatable bonds is 6. The predicted molar refractivity (Wildman–Crippen MR) is 99.0 cm³/mol. The Labute approximate surface area is 154 Å². The van der Waals surface area contributed by atoms with Crippen LogP contribution >= 0.6 is 12.4 Å². The van der Waals surface area contributed by atoms with Crippen molar-refractivity contribution in [1.29, 1.82) is 0 Å². The number of hydrogen-bond donors (Lipinski definition) is 1. The zero-order valence-electron chi connectivity index (χ0n) is 14.2. The molecule has 0 unspecified atom stereocenters. The molecule has 3 rings (SSSR count). The van der Waals surface area contributed by atoms with E-state index in [1.54, 1.807) is 4.90 Å². The second-order valence-corrected chi connectivity index (χ2v) is 5.84. The first-order chi connectivity index (χ1) is 11.7. The molecule has 0 saturated carbocycles. The zero-order chi connectivity index (χ0) is 16.9. The Kier molecular flexibility index (Phi) is 6.67. The van der Waals surface area contributed by atoms with Crippen molar-refractivity contribution >= 4 is 18.3 Å². The lowest BCUT2D eigenvalue weighted by atomic mass is 10.1. The molecule has 2 N–H and O–H groups in total. The fourth-order valence-electron chi connectivity index (χ4n) is 2.80. The number of carbonyl (C=O) groups excluding carboxylic acids is 1. The molecule has 0 radical (unpaired) electrons. The van der Waals surface area contributed by atoms with E-state index in [9.17, 15) is 4.79 Å². The van der Waals surface area contributed by atoms with Gasteiger partial charge in [0.15, 0.2) is 11.5 Å². The van der Waals surface area contributed by atoms with Crippen LogP contribution in [0.25, 0.3) is 0 Å². The minimum Gasteiger partial charge on any atom is -0.454 e. The maximum absolute atomic E-state index is 12.7. The molecular weight excluding hydrogens is 340 g/mol. The van der Waals surface area contributed by atoms with Crippen LogP contribution in [0.4, 0.5) is 0 Å². The third-order valence-corrected chi connectivity index (χ3v) is 4.12. The molecule has 0 aromatic heterocycles. The number of hydrogen-bond acceptors (Lipinski definition) is 4. The first kappa shape index (κ1) is 19.1. The van der Waals surface area contributed by atoms with Crippen LogP contribution in [-0.4, -0.2) is 30.2 Å². The van der Waals surface area contributed by atoms with Gasteiger partial charge in [0.05, 0.1) is 6.04 Å². The van der Waals surface area contributed by atoms with Crippen LogP contribution in [0.2, 0.25) is 0 Å². The van der Waals surface area contributed by atoms with E-state index in [4.69, 9.17) is 15.2 Å². The number of ether oxygens (including phenoxy) is 2. The molecule has 0 saturated heterocycles. The predicted octanol–water partition coefficient (Wildman–Crippen LogP) is 2.76. The molecule has 6 heteroatoms. The lowest BCUT2D eigenvalue weighted by Crippen LogP contribution is -2.44. The third kappa shape index (κ3) is 4.65. The maximum Gasteiger partial charge on any atom is 0.240 e. The standard InChI is InChI=1S/C19H22N2O3.ClH/c1-2-21(12-15-8-9-17-18(11-15)24-13-23-17)19(22)16(20)10-14-6-4-3-5-7-14;/h3-9,11,16H,2,10,12-13,20H2,1H3;1H/t16-;/m0./s1. The number of nitrogens with two attached hydrogens (primary N) is 1. The van der Waals surface area contributed by atoms with E-state index >= 15 is 0 Å². The normalized spacial score (nSPS) is 13.0. The van der Waals surface area contributed by atoms with Crippen LogP contribution in [0.5, 0.6) is 11.5 Å². The average Bonchev–Trinajstić information content (AvgIpc) is 3.07. The van der Waals surface area contributed by atoms with Crippen molar-refractivity contribution in [3.05, 3.63) is 59.7 Å². The van der Waals surface area contributed by atoms with Gasteiger partial charge in [0.2, 0.25) is 12.7 Å². The van der Waals surface area contributed by atoms with E-state index < -0.39 is 6.04 Å². The molecule has 1 atom stereocenters. The van der Waals surface area contributed by atoms with Gasteiger partial charge >= 0.3 is 0 Å². The Morgan fingerprint density at radius 3 is 2.56 bits per heavy atom. The fourth-order valence-corrected chi connectivity index (χ4v) is 2.80. The summed E-state index contributed by atoms with van der Waals surface area (Å²) in [7, 11) is 0. The molecule has 0 fully saturated rings. The largest absolute Gasteiger partial charge is 0.454 e. The number of benzene rings is 2. The van der Waals surface area contributed by atoms with E-state index in [-0.39, 0.29) is 25.1 Å². The molecule has 5 nitrogen and oxygen atoms in total. The SMILES string of the molecule is CCN(Cc1ccc2c(c1)OCO2)C(=O)[C@@H](N)Cc1ccccc1.Cl. The first-order valence-electron chi connectivity index (χ1n) is 8.14. The van der Waals surface area contributed by atoms with Gasteiger partial charge < -0.3 is 20.1 Å². The highest BCUT2D eigenvalue weighted by Gasteiger charge is 2.21.